The van der Waals surface area contributed by atoms with Crippen LogP contribution in [-0.2, 0) is 0 Å². The molecule has 4 heterocycles. The molecule has 6 nitrogen and oxygen atoms in total. The fraction of sp³-hybridized carbons (Fsp3) is 0.192. The maximum Gasteiger partial charge on any atom is 0.174 e. The first-order chi connectivity index (χ1) is 15.9. The second-order valence-corrected chi connectivity index (χ2v) is 8.76. The molecular weight excluding hydrogens is 430 g/mol. The quantitative estimate of drug-likeness (QED) is 0.419. The first-order valence-corrected chi connectivity index (χ1v) is 11.3. The molecule has 5 rings (SSSR count). The zero-order chi connectivity index (χ0) is 23.1. The molecule has 7 heteroatoms. The fourth-order valence-electron chi connectivity index (χ4n) is 4.59. The molecule has 0 aliphatic carbocycles. The van der Waals surface area contributed by atoms with Crippen LogP contribution in [0.5, 0.6) is 5.75 Å². The average Bonchev–Trinajstić information content (AvgIpc) is 3.31. The van der Waals surface area contributed by atoms with Gasteiger partial charge in [-0.15, -0.1) is 0 Å². The van der Waals surface area contributed by atoms with E-state index in [1.165, 1.54) is 0 Å². The second-order valence-electron chi connectivity index (χ2n) is 8.37. The molecule has 0 spiro atoms. The summed E-state index contributed by atoms with van der Waals surface area (Å²) in [6.07, 6.45) is 3.69. The maximum absolute atomic E-state index is 9.82. The largest absolute Gasteiger partial charge is 0.508 e. The third-order valence-corrected chi connectivity index (χ3v) is 6.45. The van der Waals surface area contributed by atoms with Crippen molar-refractivity contribution in [2.75, 3.05) is 4.90 Å². The summed E-state index contributed by atoms with van der Waals surface area (Å²) in [5.41, 5.74) is 6.30. The van der Waals surface area contributed by atoms with Crippen molar-refractivity contribution < 1.29 is 5.11 Å². The molecule has 1 aliphatic rings. The summed E-state index contributed by atoms with van der Waals surface area (Å²) >= 11 is 5.81. The van der Waals surface area contributed by atoms with Crippen LogP contribution in [0.2, 0.25) is 0 Å². The Labute approximate surface area is 198 Å². The minimum Gasteiger partial charge on any atom is -0.508 e. The topological polar surface area (TPSA) is 66.2 Å². The summed E-state index contributed by atoms with van der Waals surface area (Å²) in [6.45, 7) is 6.25. The lowest BCUT2D eigenvalue weighted by Gasteiger charge is -2.28. The number of rotatable bonds is 4. The highest BCUT2D eigenvalue weighted by molar-refractivity contribution is 7.80. The monoisotopic (exact) mass is 455 g/mol. The molecule has 166 valence electrons. The van der Waals surface area contributed by atoms with Crippen LogP contribution in [0.4, 0.5) is 5.69 Å². The number of nitrogens with one attached hydrogen (secondary N) is 1. The second kappa shape index (κ2) is 8.33. The Hall–Kier alpha value is -3.71. The molecule has 2 atom stereocenters. The van der Waals surface area contributed by atoms with Gasteiger partial charge in [0, 0.05) is 29.5 Å². The Morgan fingerprint density at radius 2 is 1.76 bits per heavy atom. The van der Waals surface area contributed by atoms with Crippen molar-refractivity contribution in [1.82, 2.24) is 19.9 Å². The van der Waals surface area contributed by atoms with E-state index in [1.54, 1.807) is 18.3 Å². The third kappa shape index (κ3) is 3.74. The standard InChI is InChI=1S/C26H25N5OS/c1-16-7-12-23(28-15-16)30-17(2)14-21(18(30)3)25-24(22-6-4-5-13-27-22)29-26(33)31(25)19-8-10-20(32)11-9-19/h4-15,24-25,32H,1-3H3,(H,29,33). The molecule has 4 aromatic rings. The summed E-state index contributed by atoms with van der Waals surface area (Å²) in [5, 5.41) is 13.9. The molecule has 0 bridgehead atoms. The number of phenolic OH excluding ortho intramolecular Hbond substituents is 1. The smallest absolute Gasteiger partial charge is 0.174 e. The Kier molecular flexibility index (Phi) is 5.34. The van der Waals surface area contributed by atoms with E-state index in [0.717, 1.165) is 39.7 Å². The summed E-state index contributed by atoms with van der Waals surface area (Å²) in [6, 6.07) is 19.1. The van der Waals surface area contributed by atoms with Gasteiger partial charge < -0.3 is 19.9 Å². The molecule has 0 amide bonds. The molecule has 2 N–H and O–H groups in total. The van der Waals surface area contributed by atoms with Crippen LogP contribution in [0.3, 0.4) is 0 Å². The molecule has 2 unspecified atom stereocenters. The number of hydrogen-bond acceptors (Lipinski definition) is 4. The Bertz CT molecular complexity index is 1300. The minimum atomic E-state index is -0.132. The highest BCUT2D eigenvalue weighted by Gasteiger charge is 2.42. The number of pyridine rings is 2. The number of aromatic nitrogens is 3. The highest BCUT2D eigenvalue weighted by Crippen LogP contribution is 2.43. The van der Waals surface area contributed by atoms with Crippen molar-refractivity contribution in [2.45, 2.75) is 32.9 Å². The van der Waals surface area contributed by atoms with Gasteiger partial charge >= 0.3 is 0 Å². The summed E-state index contributed by atoms with van der Waals surface area (Å²) < 4.78 is 2.18. The van der Waals surface area contributed by atoms with E-state index in [0.29, 0.717) is 5.11 Å². The molecule has 1 fully saturated rings. The van der Waals surface area contributed by atoms with Gasteiger partial charge in [0.1, 0.15) is 11.6 Å². The van der Waals surface area contributed by atoms with Crippen molar-refractivity contribution in [3.8, 4) is 11.6 Å². The van der Waals surface area contributed by atoms with Crippen LogP contribution >= 0.6 is 12.2 Å². The van der Waals surface area contributed by atoms with E-state index in [4.69, 9.17) is 12.2 Å². The van der Waals surface area contributed by atoms with E-state index < -0.39 is 0 Å². The number of hydrogen-bond donors (Lipinski definition) is 2. The van der Waals surface area contributed by atoms with Gasteiger partial charge in [0.05, 0.1) is 17.8 Å². The summed E-state index contributed by atoms with van der Waals surface area (Å²) in [7, 11) is 0. The Morgan fingerprint density at radius 1 is 0.970 bits per heavy atom. The first kappa shape index (κ1) is 21.2. The van der Waals surface area contributed by atoms with Crippen molar-refractivity contribution in [3.05, 3.63) is 101 Å². The zero-order valence-corrected chi connectivity index (χ0v) is 19.5. The maximum atomic E-state index is 9.82. The molecule has 1 aliphatic heterocycles. The average molecular weight is 456 g/mol. The number of thiocarbonyl (C=S) groups is 1. The fourth-order valence-corrected chi connectivity index (χ4v) is 4.94. The van der Waals surface area contributed by atoms with E-state index in [1.807, 2.05) is 49.5 Å². The molecular formula is C26H25N5OS. The van der Waals surface area contributed by atoms with Gasteiger partial charge in [-0.25, -0.2) is 4.98 Å². The number of nitrogens with zero attached hydrogens (tertiary/aromatic N) is 4. The van der Waals surface area contributed by atoms with E-state index >= 15 is 0 Å². The third-order valence-electron chi connectivity index (χ3n) is 6.14. The van der Waals surface area contributed by atoms with Crippen molar-refractivity contribution >= 4 is 23.0 Å². The van der Waals surface area contributed by atoms with Gasteiger partial charge in [-0.05, 0) is 92.6 Å². The van der Waals surface area contributed by atoms with Crippen LogP contribution in [-0.4, -0.2) is 24.8 Å². The SMILES string of the molecule is Cc1ccc(-n2c(C)cc(C3C(c4ccccn4)NC(=S)N3c3ccc(O)cc3)c2C)nc1. The summed E-state index contributed by atoms with van der Waals surface area (Å²) in [5.74, 6) is 1.11. The molecule has 33 heavy (non-hydrogen) atoms. The van der Waals surface area contributed by atoms with Crippen LogP contribution in [0.25, 0.3) is 5.82 Å². The van der Waals surface area contributed by atoms with E-state index in [2.05, 4.69) is 50.7 Å². The lowest BCUT2D eigenvalue weighted by atomic mass is 9.96. The predicted molar refractivity (Wildman–Crippen MR) is 134 cm³/mol. The molecule has 3 aromatic heterocycles. The van der Waals surface area contributed by atoms with Gasteiger partial charge in [0.15, 0.2) is 5.11 Å². The number of aryl methyl sites for hydroxylation is 2. The number of aromatic hydroxyl groups is 1. The van der Waals surface area contributed by atoms with Gasteiger partial charge in [0.2, 0.25) is 0 Å². The number of anilines is 1. The first-order valence-electron chi connectivity index (χ1n) is 10.9. The predicted octanol–water partition coefficient (Wildman–Crippen LogP) is 5.08. The van der Waals surface area contributed by atoms with Gasteiger partial charge in [-0.1, -0.05) is 12.1 Å². The van der Waals surface area contributed by atoms with Gasteiger partial charge in [-0.2, -0.15) is 0 Å². The number of benzene rings is 1. The highest BCUT2D eigenvalue weighted by atomic mass is 32.1. The Morgan fingerprint density at radius 3 is 2.42 bits per heavy atom. The van der Waals surface area contributed by atoms with Crippen LogP contribution in [0.15, 0.2) is 73.1 Å². The van der Waals surface area contributed by atoms with Crippen LogP contribution < -0.4 is 10.2 Å². The summed E-state index contributed by atoms with van der Waals surface area (Å²) in [4.78, 5) is 11.4. The minimum absolute atomic E-state index is 0.123. The molecule has 0 saturated carbocycles. The van der Waals surface area contributed by atoms with Crippen molar-refractivity contribution in [1.29, 1.82) is 0 Å². The molecule has 1 aromatic carbocycles. The van der Waals surface area contributed by atoms with Crippen LogP contribution in [0, 0.1) is 20.8 Å². The van der Waals surface area contributed by atoms with E-state index in [-0.39, 0.29) is 17.8 Å². The van der Waals surface area contributed by atoms with Crippen LogP contribution in [0.1, 0.15) is 40.3 Å². The van der Waals surface area contributed by atoms with Crippen molar-refractivity contribution in [3.63, 3.8) is 0 Å². The molecule has 0 radical (unpaired) electrons. The normalized spacial score (nSPS) is 17.9. The lowest BCUT2D eigenvalue weighted by molar-refractivity contribution is 0.475. The Balaban J connectivity index is 1.67. The zero-order valence-electron chi connectivity index (χ0n) is 18.7. The lowest BCUT2D eigenvalue weighted by Crippen LogP contribution is -2.29. The van der Waals surface area contributed by atoms with Crippen molar-refractivity contribution in [2.24, 2.45) is 0 Å². The van der Waals surface area contributed by atoms with Gasteiger partial charge in [0.25, 0.3) is 0 Å². The van der Waals surface area contributed by atoms with Gasteiger partial charge in [-0.3, -0.25) is 4.98 Å². The molecule has 1 saturated heterocycles. The number of phenols is 1. The van der Waals surface area contributed by atoms with E-state index in [9.17, 15) is 5.11 Å².